The van der Waals surface area contributed by atoms with E-state index in [9.17, 15) is 5.11 Å². The van der Waals surface area contributed by atoms with E-state index in [-0.39, 0.29) is 5.60 Å². The van der Waals surface area contributed by atoms with Crippen molar-refractivity contribution in [2.75, 3.05) is 26.2 Å². The zero-order chi connectivity index (χ0) is 19.3. The molecule has 0 aliphatic carbocycles. The zero-order valence-corrected chi connectivity index (χ0v) is 16.8. The van der Waals surface area contributed by atoms with Crippen molar-refractivity contribution >= 4 is 11.6 Å². The van der Waals surface area contributed by atoms with Gasteiger partial charge < -0.3 is 14.6 Å². The van der Waals surface area contributed by atoms with Crippen molar-refractivity contribution in [2.45, 2.75) is 38.4 Å². The zero-order valence-electron chi connectivity index (χ0n) is 16.0. The molecule has 1 aliphatic heterocycles. The minimum atomic E-state index is -0.447. The quantitative estimate of drug-likeness (QED) is 0.744. The largest absolute Gasteiger partial charge is 0.492 e. The fraction of sp³-hybridized carbons (Fsp3) is 0.455. The summed E-state index contributed by atoms with van der Waals surface area (Å²) in [4.78, 5) is 2.41. The Kier molecular flexibility index (Phi) is 6.64. The normalized spacial score (nSPS) is 18.1. The van der Waals surface area contributed by atoms with Crippen LogP contribution in [0.25, 0.3) is 0 Å². The van der Waals surface area contributed by atoms with Crippen LogP contribution in [-0.4, -0.2) is 41.8 Å². The van der Waals surface area contributed by atoms with E-state index < -0.39 is 6.10 Å². The van der Waals surface area contributed by atoms with Gasteiger partial charge in [-0.15, -0.1) is 0 Å². The summed E-state index contributed by atoms with van der Waals surface area (Å²) in [5.74, 6) is 1.71. The third-order valence-electron chi connectivity index (χ3n) is 5.13. The van der Waals surface area contributed by atoms with Crippen LogP contribution in [0.2, 0.25) is 5.02 Å². The Morgan fingerprint density at radius 2 is 1.63 bits per heavy atom. The molecule has 1 fully saturated rings. The molecule has 5 heteroatoms. The number of halogens is 1. The molecule has 27 heavy (non-hydrogen) atoms. The summed E-state index contributed by atoms with van der Waals surface area (Å²) >= 11 is 5.94. The van der Waals surface area contributed by atoms with Crippen molar-refractivity contribution in [3.63, 3.8) is 0 Å². The number of nitrogens with zero attached hydrogens (tertiary/aromatic N) is 1. The van der Waals surface area contributed by atoms with Crippen LogP contribution in [0.4, 0.5) is 0 Å². The number of likely N-dealkylation sites (tertiary alicyclic amines) is 1. The van der Waals surface area contributed by atoms with Crippen LogP contribution in [0.15, 0.2) is 48.5 Å². The number of hydrogen-bond donors (Lipinski definition) is 1. The van der Waals surface area contributed by atoms with Crippen molar-refractivity contribution in [3.8, 4) is 11.5 Å². The van der Waals surface area contributed by atoms with E-state index in [1.165, 1.54) is 0 Å². The van der Waals surface area contributed by atoms with Crippen LogP contribution in [0.3, 0.4) is 0 Å². The molecule has 2 aromatic rings. The molecule has 0 radical (unpaired) electrons. The minimum absolute atomic E-state index is 0.137. The highest BCUT2D eigenvalue weighted by molar-refractivity contribution is 6.30. The van der Waals surface area contributed by atoms with Crippen molar-refractivity contribution in [3.05, 3.63) is 59.1 Å². The number of aliphatic hydroxyl groups excluding tert-OH is 1. The molecular weight excluding hydrogens is 362 g/mol. The van der Waals surface area contributed by atoms with Crippen molar-refractivity contribution < 1.29 is 14.6 Å². The molecule has 1 atom stereocenters. The van der Waals surface area contributed by atoms with Crippen LogP contribution in [-0.2, 0) is 0 Å². The maximum Gasteiger partial charge on any atom is 0.120 e. The monoisotopic (exact) mass is 389 g/mol. The molecule has 1 aliphatic rings. The van der Waals surface area contributed by atoms with E-state index in [2.05, 4.69) is 11.8 Å². The van der Waals surface area contributed by atoms with Gasteiger partial charge in [-0.05, 0) is 68.7 Å². The Morgan fingerprint density at radius 1 is 1.04 bits per heavy atom. The Bertz CT molecular complexity index is 707. The summed E-state index contributed by atoms with van der Waals surface area (Å²) in [5.41, 5.74) is 0.764. The summed E-state index contributed by atoms with van der Waals surface area (Å²) in [6.07, 6.45) is 1.52. The molecule has 0 bridgehead atoms. The van der Waals surface area contributed by atoms with E-state index >= 15 is 0 Å². The Balaban J connectivity index is 1.40. The van der Waals surface area contributed by atoms with E-state index in [0.717, 1.165) is 54.6 Å². The second-order valence-electron chi connectivity index (χ2n) is 7.44. The number of benzene rings is 2. The van der Waals surface area contributed by atoms with Gasteiger partial charge in [-0.1, -0.05) is 23.7 Å². The van der Waals surface area contributed by atoms with Gasteiger partial charge >= 0.3 is 0 Å². The van der Waals surface area contributed by atoms with Gasteiger partial charge in [0, 0.05) is 24.7 Å². The molecular formula is C22H28ClNO3. The molecule has 0 spiro atoms. The Labute approximate surface area is 166 Å². The van der Waals surface area contributed by atoms with Gasteiger partial charge in [0.25, 0.3) is 0 Å². The van der Waals surface area contributed by atoms with Gasteiger partial charge in [-0.2, -0.15) is 0 Å². The first-order valence-electron chi connectivity index (χ1n) is 9.51. The Morgan fingerprint density at radius 3 is 2.22 bits per heavy atom. The highest BCUT2D eigenvalue weighted by Gasteiger charge is 2.31. The van der Waals surface area contributed by atoms with Crippen LogP contribution in [0, 0.1) is 0 Å². The lowest BCUT2D eigenvalue weighted by molar-refractivity contribution is 0.0135. The lowest BCUT2D eigenvalue weighted by Crippen LogP contribution is -2.47. The van der Waals surface area contributed by atoms with Crippen molar-refractivity contribution in [1.82, 2.24) is 4.90 Å². The molecule has 0 amide bonds. The molecule has 4 nitrogen and oxygen atoms in total. The van der Waals surface area contributed by atoms with Gasteiger partial charge in [-0.3, -0.25) is 4.90 Å². The van der Waals surface area contributed by atoms with Gasteiger partial charge in [-0.25, -0.2) is 0 Å². The van der Waals surface area contributed by atoms with E-state index in [1.807, 2.05) is 48.5 Å². The highest BCUT2D eigenvalue weighted by Crippen LogP contribution is 2.29. The molecule has 146 valence electrons. The van der Waals surface area contributed by atoms with Crippen LogP contribution in [0.5, 0.6) is 11.5 Å². The standard InChI is InChI=1S/C22H28ClNO3/c1-17(25)18-3-7-20(8-4-18)26-16-15-24-13-11-22(2,12-14-24)27-21-9-5-19(23)6-10-21/h3-10,17,25H,11-16H2,1-2H3. The number of rotatable bonds is 7. The van der Waals surface area contributed by atoms with Gasteiger partial charge in [0.2, 0.25) is 0 Å². The second-order valence-corrected chi connectivity index (χ2v) is 7.88. The summed E-state index contributed by atoms with van der Waals surface area (Å²) in [6.45, 7) is 7.48. The van der Waals surface area contributed by atoms with Crippen LogP contribution >= 0.6 is 11.6 Å². The first kappa shape index (κ1) is 20.0. The first-order valence-corrected chi connectivity index (χ1v) is 9.89. The summed E-state index contributed by atoms with van der Waals surface area (Å²) in [6, 6.07) is 15.2. The molecule has 0 saturated carbocycles. The minimum Gasteiger partial charge on any atom is -0.492 e. The summed E-state index contributed by atoms with van der Waals surface area (Å²) in [7, 11) is 0. The summed E-state index contributed by atoms with van der Waals surface area (Å²) in [5, 5.41) is 10.3. The third kappa shape index (κ3) is 5.86. The fourth-order valence-electron chi connectivity index (χ4n) is 3.27. The average molecular weight is 390 g/mol. The van der Waals surface area contributed by atoms with Crippen molar-refractivity contribution in [1.29, 1.82) is 0 Å². The summed E-state index contributed by atoms with van der Waals surface area (Å²) < 4.78 is 12.0. The number of aliphatic hydroxyl groups is 1. The Hall–Kier alpha value is -1.75. The topological polar surface area (TPSA) is 41.9 Å². The van der Waals surface area contributed by atoms with E-state index in [0.29, 0.717) is 6.61 Å². The molecule has 2 aromatic carbocycles. The molecule has 1 heterocycles. The van der Waals surface area contributed by atoms with E-state index in [4.69, 9.17) is 21.1 Å². The van der Waals surface area contributed by atoms with Gasteiger partial charge in [0.05, 0.1) is 6.10 Å². The maximum absolute atomic E-state index is 9.54. The first-order chi connectivity index (χ1) is 12.9. The molecule has 1 saturated heterocycles. The number of ether oxygens (including phenoxy) is 2. The van der Waals surface area contributed by atoms with Crippen LogP contribution in [0.1, 0.15) is 38.4 Å². The lowest BCUT2D eigenvalue weighted by atomic mass is 9.93. The van der Waals surface area contributed by atoms with Crippen LogP contribution < -0.4 is 9.47 Å². The molecule has 1 N–H and O–H groups in total. The number of hydrogen-bond acceptors (Lipinski definition) is 4. The maximum atomic E-state index is 9.54. The smallest absolute Gasteiger partial charge is 0.120 e. The SMILES string of the molecule is CC(O)c1ccc(OCCN2CCC(C)(Oc3ccc(Cl)cc3)CC2)cc1. The predicted octanol–water partition coefficient (Wildman–Crippen LogP) is 4.71. The van der Waals surface area contributed by atoms with Gasteiger partial charge in [0.1, 0.15) is 23.7 Å². The molecule has 1 unspecified atom stereocenters. The fourth-order valence-corrected chi connectivity index (χ4v) is 3.40. The molecule has 0 aromatic heterocycles. The molecule has 3 rings (SSSR count). The van der Waals surface area contributed by atoms with E-state index in [1.54, 1.807) is 6.92 Å². The predicted molar refractivity (Wildman–Crippen MR) is 109 cm³/mol. The number of piperidine rings is 1. The van der Waals surface area contributed by atoms with Gasteiger partial charge in [0.15, 0.2) is 0 Å². The highest BCUT2D eigenvalue weighted by atomic mass is 35.5. The lowest BCUT2D eigenvalue weighted by Gasteiger charge is -2.39. The average Bonchev–Trinajstić information content (AvgIpc) is 2.66. The second kappa shape index (κ2) is 8.96. The third-order valence-corrected chi connectivity index (χ3v) is 5.38. The van der Waals surface area contributed by atoms with Crippen molar-refractivity contribution in [2.24, 2.45) is 0 Å².